The fraction of sp³-hybridized carbons (Fsp3) is 0.429. The predicted molar refractivity (Wildman–Crippen MR) is 71.4 cm³/mol. The van der Waals surface area contributed by atoms with E-state index in [4.69, 9.17) is 5.26 Å². The highest BCUT2D eigenvalue weighted by Crippen LogP contribution is 2.25. The van der Waals surface area contributed by atoms with E-state index in [1.54, 1.807) is 0 Å². The second-order valence-electron chi connectivity index (χ2n) is 4.79. The van der Waals surface area contributed by atoms with E-state index >= 15 is 0 Å². The van der Waals surface area contributed by atoms with Crippen molar-refractivity contribution in [2.75, 3.05) is 13.6 Å². The van der Waals surface area contributed by atoms with Gasteiger partial charge in [-0.2, -0.15) is 5.26 Å². The molecule has 0 aromatic carbocycles. The number of pyridine rings is 1. The lowest BCUT2D eigenvalue weighted by atomic mass is 9.95. The number of fused-ring (bicyclic) bond motifs is 1. The average molecular weight is 242 g/mol. The molecule has 0 bridgehead atoms. The molecule has 0 radical (unpaired) electrons. The van der Waals surface area contributed by atoms with Gasteiger partial charge in [-0.05, 0) is 25.1 Å². The summed E-state index contributed by atoms with van der Waals surface area (Å²) < 4.78 is 2.03. The summed E-state index contributed by atoms with van der Waals surface area (Å²) in [5.41, 5.74) is 1.39. The molecule has 0 aliphatic heterocycles. The molecule has 2 aromatic heterocycles. The Morgan fingerprint density at radius 3 is 2.83 bits per heavy atom. The number of nitrogens with zero attached hydrogens (tertiary/aromatic N) is 3. The quantitative estimate of drug-likeness (QED) is 0.894. The van der Waals surface area contributed by atoms with Crippen LogP contribution in [0.15, 0.2) is 24.4 Å². The maximum atomic E-state index is 9.16. The van der Waals surface area contributed by atoms with E-state index in [2.05, 4.69) is 30.2 Å². The lowest BCUT2D eigenvalue weighted by molar-refractivity contribution is 0.456. The highest BCUT2D eigenvalue weighted by molar-refractivity contribution is 5.58. The monoisotopic (exact) mass is 242 g/mol. The molecule has 2 heterocycles. The third kappa shape index (κ3) is 2.09. The Morgan fingerprint density at radius 2 is 2.22 bits per heavy atom. The van der Waals surface area contributed by atoms with Crippen molar-refractivity contribution in [1.29, 1.82) is 5.26 Å². The summed E-state index contributed by atoms with van der Waals surface area (Å²) in [6, 6.07) is 8.01. The number of aromatic nitrogens is 2. The molecule has 0 spiro atoms. The molecule has 0 saturated heterocycles. The van der Waals surface area contributed by atoms with Gasteiger partial charge in [0.2, 0.25) is 0 Å². The van der Waals surface area contributed by atoms with E-state index in [-0.39, 0.29) is 0 Å². The molecule has 0 aliphatic carbocycles. The molecule has 4 nitrogen and oxygen atoms in total. The van der Waals surface area contributed by atoms with Crippen molar-refractivity contribution in [1.82, 2.24) is 14.7 Å². The second kappa shape index (κ2) is 5.19. The number of nitrogens with one attached hydrogen (secondary N) is 1. The smallest absolute Gasteiger partial charge is 0.166 e. The predicted octanol–water partition coefficient (Wildman–Crippen LogP) is 2.16. The molecule has 1 unspecified atom stereocenters. The first-order chi connectivity index (χ1) is 8.69. The van der Waals surface area contributed by atoms with Crippen molar-refractivity contribution in [2.24, 2.45) is 5.92 Å². The van der Waals surface area contributed by atoms with Crippen LogP contribution in [0.5, 0.6) is 0 Å². The van der Waals surface area contributed by atoms with E-state index in [0.717, 1.165) is 17.9 Å². The zero-order valence-corrected chi connectivity index (χ0v) is 11.0. The van der Waals surface area contributed by atoms with Crippen LogP contribution in [-0.2, 0) is 0 Å². The summed E-state index contributed by atoms with van der Waals surface area (Å²) in [5.74, 6) is 1.73. The van der Waals surface area contributed by atoms with Crippen molar-refractivity contribution >= 4 is 5.52 Å². The van der Waals surface area contributed by atoms with Gasteiger partial charge in [-0.3, -0.25) is 0 Å². The van der Waals surface area contributed by atoms with Gasteiger partial charge in [-0.15, -0.1) is 0 Å². The Hall–Kier alpha value is -1.86. The van der Waals surface area contributed by atoms with E-state index in [1.807, 2.05) is 35.8 Å². The van der Waals surface area contributed by atoms with Gasteiger partial charge >= 0.3 is 0 Å². The largest absolute Gasteiger partial charge is 0.319 e. The SMILES string of the molecule is CNCC(c1nc(C#N)c2ccccn12)C(C)C. The van der Waals surface area contributed by atoms with Crippen LogP contribution in [-0.4, -0.2) is 23.0 Å². The van der Waals surface area contributed by atoms with E-state index < -0.39 is 0 Å². The van der Waals surface area contributed by atoms with Crippen LogP contribution in [0.3, 0.4) is 0 Å². The van der Waals surface area contributed by atoms with Crippen LogP contribution in [0, 0.1) is 17.2 Å². The van der Waals surface area contributed by atoms with Crippen molar-refractivity contribution in [3.05, 3.63) is 35.9 Å². The van der Waals surface area contributed by atoms with Crippen molar-refractivity contribution < 1.29 is 0 Å². The summed E-state index contributed by atoms with van der Waals surface area (Å²) in [4.78, 5) is 4.51. The Kier molecular flexibility index (Phi) is 3.63. The second-order valence-corrected chi connectivity index (χ2v) is 4.79. The topological polar surface area (TPSA) is 53.1 Å². The molecule has 0 fully saturated rings. The van der Waals surface area contributed by atoms with Crippen molar-refractivity contribution in [2.45, 2.75) is 19.8 Å². The molecule has 1 N–H and O–H groups in total. The Bertz CT molecular complexity index is 577. The van der Waals surface area contributed by atoms with Gasteiger partial charge in [-0.1, -0.05) is 19.9 Å². The zero-order valence-electron chi connectivity index (χ0n) is 11.0. The molecule has 94 valence electrons. The first-order valence-corrected chi connectivity index (χ1v) is 6.20. The Labute approximate surface area is 107 Å². The lowest BCUT2D eigenvalue weighted by Crippen LogP contribution is -2.23. The molecule has 0 amide bonds. The number of nitriles is 1. The van der Waals surface area contributed by atoms with E-state index in [0.29, 0.717) is 17.5 Å². The van der Waals surface area contributed by atoms with E-state index in [9.17, 15) is 0 Å². The standard InChI is InChI=1S/C14H18N4/c1-10(2)11(9-16-3)14-17-12(8-15)13-6-4-5-7-18(13)14/h4-7,10-11,16H,9H2,1-3H3. The van der Waals surface area contributed by atoms with Crippen LogP contribution >= 0.6 is 0 Å². The highest BCUT2D eigenvalue weighted by Gasteiger charge is 2.22. The van der Waals surface area contributed by atoms with Crippen LogP contribution in [0.25, 0.3) is 5.52 Å². The number of hydrogen-bond donors (Lipinski definition) is 1. The number of likely N-dealkylation sites (N-methyl/N-ethyl adjacent to an activating group) is 1. The first-order valence-electron chi connectivity index (χ1n) is 6.20. The van der Waals surface area contributed by atoms with Gasteiger partial charge in [0.25, 0.3) is 0 Å². The summed E-state index contributed by atoms with van der Waals surface area (Å²) in [6.45, 7) is 5.21. The van der Waals surface area contributed by atoms with Gasteiger partial charge in [0.1, 0.15) is 11.9 Å². The molecule has 2 aromatic rings. The number of rotatable bonds is 4. The average Bonchev–Trinajstić information content (AvgIpc) is 2.74. The highest BCUT2D eigenvalue weighted by atomic mass is 15.0. The third-order valence-electron chi connectivity index (χ3n) is 3.24. The fourth-order valence-electron chi connectivity index (χ4n) is 2.25. The van der Waals surface area contributed by atoms with Crippen molar-refractivity contribution in [3.63, 3.8) is 0 Å². The molecule has 4 heteroatoms. The summed E-state index contributed by atoms with van der Waals surface area (Å²) in [7, 11) is 1.94. The Balaban J connectivity index is 2.60. The van der Waals surface area contributed by atoms with Gasteiger partial charge in [0.05, 0.1) is 5.52 Å². The minimum absolute atomic E-state index is 0.298. The number of imidazole rings is 1. The van der Waals surface area contributed by atoms with Gasteiger partial charge in [0.15, 0.2) is 5.69 Å². The van der Waals surface area contributed by atoms with E-state index in [1.165, 1.54) is 0 Å². The van der Waals surface area contributed by atoms with Crippen LogP contribution < -0.4 is 5.32 Å². The summed E-state index contributed by atoms with van der Waals surface area (Å²) in [5, 5.41) is 12.4. The third-order valence-corrected chi connectivity index (χ3v) is 3.24. The van der Waals surface area contributed by atoms with Crippen LogP contribution in [0.2, 0.25) is 0 Å². The van der Waals surface area contributed by atoms with Crippen LogP contribution in [0.4, 0.5) is 0 Å². The maximum absolute atomic E-state index is 9.16. The molecule has 1 atom stereocenters. The first kappa shape index (κ1) is 12.6. The normalized spacial score (nSPS) is 12.8. The minimum atomic E-state index is 0.298. The maximum Gasteiger partial charge on any atom is 0.166 e. The van der Waals surface area contributed by atoms with Gasteiger partial charge < -0.3 is 9.72 Å². The van der Waals surface area contributed by atoms with Gasteiger partial charge in [-0.25, -0.2) is 4.98 Å². The molecular weight excluding hydrogens is 224 g/mol. The lowest BCUT2D eigenvalue weighted by Gasteiger charge is -2.19. The molecule has 0 saturated carbocycles. The molecule has 18 heavy (non-hydrogen) atoms. The number of hydrogen-bond acceptors (Lipinski definition) is 3. The summed E-state index contributed by atoms with van der Waals surface area (Å²) in [6.07, 6.45) is 1.98. The molecular formula is C14H18N4. The Morgan fingerprint density at radius 1 is 1.44 bits per heavy atom. The van der Waals surface area contributed by atoms with Crippen molar-refractivity contribution in [3.8, 4) is 6.07 Å². The zero-order chi connectivity index (χ0) is 13.1. The van der Waals surface area contributed by atoms with Gasteiger partial charge in [0, 0.05) is 18.7 Å². The van der Waals surface area contributed by atoms with Crippen LogP contribution in [0.1, 0.15) is 31.3 Å². The minimum Gasteiger partial charge on any atom is -0.319 e. The molecule has 0 aliphatic rings. The molecule has 2 rings (SSSR count). The summed E-state index contributed by atoms with van der Waals surface area (Å²) >= 11 is 0. The fourth-order valence-corrected chi connectivity index (χ4v) is 2.25.